The second-order valence-corrected chi connectivity index (χ2v) is 4.18. The van der Waals surface area contributed by atoms with Crippen molar-refractivity contribution in [1.82, 2.24) is 9.97 Å². The molecule has 0 aliphatic carbocycles. The van der Waals surface area contributed by atoms with E-state index in [0.29, 0.717) is 11.8 Å². The van der Waals surface area contributed by atoms with Crippen molar-refractivity contribution in [3.05, 3.63) is 12.3 Å². The minimum atomic E-state index is 0.0150. The summed E-state index contributed by atoms with van der Waals surface area (Å²) >= 11 is 0. The van der Waals surface area contributed by atoms with Crippen LogP contribution in [0.3, 0.4) is 0 Å². The fourth-order valence-corrected chi connectivity index (χ4v) is 1.51. The van der Waals surface area contributed by atoms with Crippen LogP contribution in [-0.2, 0) is 0 Å². The van der Waals surface area contributed by atoms with Gasteiger partial charge in [-0.3, -0.25) is 0 Å². The smallest absolute Gasteiger partial charge is 0.226 e. The van der Waals surface area contributed by atoms with Gasteiger partial charge in [-0.2, -0.15) is 4.98 Å². The topological polar surface area (TPSA) is 47.0 Å². The Balaban J connectivity index is 2.71. The zero-order chi connectivity index (χ0) is 11.3. The molecule has 0 bridgehead atoms. The zero-order valence-corrected chi connectivity index (χ0v) is 9.87. The number of rotatable bonds is 5. The maximum absolute atomic E-state index is 5.04. The van der Waals surface area contributed by atoms with Crippen molar-refractivity contribution < 1.29 is 4.74 Å². The van der Waals surface area contributed by atoms with Gasteiger partial charge in [0, 0.05) is 17.8 Å². The standard InChI is InChI=1S/C11H19N3O/c1-5-7-11(2,3)14-10-12-8-6-9(13-10)15-4/h6,8H,5,7H2,1-4H3,(H,12,13,14). The summed E-state index contributed by atoms with van der Waals surface area (Å²) in [6, 6.07) is 1.73. The van der Waals surface area contributed by atoms with E-state index in [1.165, 1.54) is 0 Å². The number of hydrogen-bond donors (Lipinski definition) is 1. The molecule has 0 unspecified atom stereocenters. The van der Waals surface area contributed by atoms with Crippen molar-refractivity contribution in [2.24, 2.45) is 0 Å². The van der Waals surface area contributed by atoms with E-state index >= 15 is 0 Å². The van der Waals surface area contributed by atoms with E-state index in [1.807, 2.05) is 0 Å². The van der Waals surface area contributed by atoms with Gasteiger partial charge in [0.15, 0.2) is 0 Å². The van der Waals surface area contributed by atoms with Crippen molar-refractivity contribution in [2.45, 2.75) is 39.2 Å². The molecule has 0 aliphatic heterocycles. The highest BCUT2D eigenvalue weighted by molar-refractivity contribution is 5.30. The van der Waals surface area contributed by atoms with Crippen LogP contribution in [0.4, 0.5) is 5.95 Å². The van der Waals surface area contributed by atoms with Crippen LogP contribution in [0.1, 0.15) is 33.6 Å². The molecule has 1 aromatic rings. The van der Waals surface area contributed by atoms with E-state index in [9.17, 15) is 0 Å². The van der Waals surface area contributed by atoms with E-state index in [-0.39, 0.29) is 5.54 Å². The van der Waals surface area contributed by atoms with Gasteiger partial charge >= 0.3 is 0 Å². The van der Waals surface area contributed by atoms with Crippen LogP contribution >= 0.6 is 0 Å². The highest BCUT2D eigenvalue weighted by atomic mass is 16.5. The molecule has 0 amide bonds. The van der Waals surface area contributed by atoms with Crippen LogP contribution in [0.2, 0.25) is 0 Å². The number of aromatic nitrogens is 2. The SMILES string of the molecule is CCCC(C)(C)Nc1nccc(OC)n1. The third-order valence-electron chi connectivity index (χ3n) is 2.16. The summed E-state index contributed by atoms with van der Waals surface area (Å²) in [6.45, 7) is 6.44. The summed E-state index contributed by atoms with van der Waals surface area (Å²) < 4.78 is 5.04. The average molecular weight is 209 g/mol. The van der Waals surface area contributed by atoms with Gasteiger partial charge < -0.3 is 10.1 Å². The number of nitrogens with one attached hydrogen (secondary N) is 1. The lowest BCUT2D eigenvalue weighted by atomic mass is 9.99. The summed E-state index contributed by atoms with van der Waals surface area (Å²) in [5, 5.41) is 3.29. The molecule has 0 spiro atoms. The van der Waals surface area contributed by atoms with Crippen LogP contribution in [0, 0.1) is 0 Å². The Morgan fingerprint density at radius 1 is 1.47 bits per heavy atom. The van der Waals surface area contributed by atoms with Crippen LogP contribution in [0.5, 0.6) is 5.88 Å². The van der Waals surface area contributed by atoms with Crippen molar-refractivity contribution in [1.29, 1.82) is 0 Å². The largest absolute Gasteiger partial charge is 0.481 e. The molecular weight excluding hydrogens is 190 g/mol. The molecule has 0 aliphatic rings. The lowest BCUT2D eigenvalue weighted by molar-refractivity contribution is 0.396. The fraction of sp³-hybridized carbons (Fsp3) is 0.636. The first kappa shape index (κ1) is 11.8. The molecule has 15 heavy (non-hydrogen) atoms. The average Bonchev–Trinajstić information content (AvgIpc) is 2.17. The second-order valence-electron chi connectivity index (χ2n) is 4.18. The first-order valence-electron chi connectivity index (χ1n) is 5.22. The van der Waals surface area contributed by atoms with E-state index in [0.717, 1.165) is 12.8 Å². The van der Waals surface area contributed by atoms with E-state index in [4.69, 9.17) is 4.74 Å². The van der Waals surface area contributed by atoms with Crippen LogP contribution in [-0.4, -0.2) is 22.6 Å². The minimum Gasteiger partial charge on any atom is -0.481 e. The Morgan fingerprint density at radius 2 is 2.20 bits per heavy atom. The molecular formula is C11H19N3O. The van der Waals surface area contributed by atoms with Gasteiger partial charge in [-0.05, 0) is 20.3 Å². The van der Waals surface area contributed by atoms with Gasteiger partial charge in [-0.1, -0.05) is 13.3 Å². The maximum atomic E-state index is 5.04. The van der Waals surface area contributed by atoms with Crippen molar-refractivity contribution >= 4 is 5.95 Å². The van der Waals surface area contributed by atoms with Gasteiger partial charge in [0.05, 0.1) is 7.11 Å². The predicted octanol–water partition coefficient (Wildman–Crippen LogP) is 2.48. The molecule has 0 radical (unpaired) electrons. The molecule has 1 rings (SSSR count). The molecule has 84 valence electrons. The molecule has 4 heteroatoms. The number of nitrogens with zero attached hydrogens (tertiary/aromatic N) is 2. The first-order valence-corrected chi connectivity index (χ1v) is 5.22. The monoisotopic (exact) mass is 209 g/mol. The summed E-state index contributed by atoms with van der Waals surface area (Å²) in [5.74, 6) is 1.20. The normalized spacial score (nSPS) is 11.2. The van der Waals surface area contributed by atoms with Crippen LogP contribution in [0.25, 0.3) is 0 Å². The van der Waals surface area contributed by atoms with Gasteiger partial charge in [-0.15, -0.1) is 0 Å². The molecule has 0 saturated carbocycles. The quantitative estimate of drug-likeness (QED) is 0.809. The third kappa shape index (κ3) is 3.73. The minimum absolute atomic E-state index is 0.0150. The van der Waals surface area contributed by atoms with E-state index in [1.54, 1.807) is 19.4 Å². The van der Waals surface area contributed by atoms with Gasteiger partial charge in [0.25, 0.3) is 0 Å². The molecule has 1 aromatic heterocycles. The predicted molar refractivity (Wildman–Crippen MR) is 61.2 cm³/mol. The number of methoxy groups -OCH3 is 1. The Hall–Kier alpha value is -1.32. The first-order chi connectivity index (χ1) is 7.07. The number of hydrogen-bond acceptors (Lipinski definition) is 4. The molecule has 1 heterocycles. The van der Waals surface area contributed by atoms with Gasteiger partial charge in [0.2, 0.25) is 11.8 Å². The van der Waals surface area contributed by atoms with Crippen molar-refractivity contribution in [3.63, 3.8) is 0 Å². The van der Waals surface area contributed by atoms with E-state index in [2.05, 4.69) is 36.1 Å². The highest BCUT2D eigenvalue weighted by Gasteiger charge is 2.17. The molecule has 4 nitrogen and oxygen atoms in total. The number of anilines is 1. The van der Waals surface area contributed by atoms with Crippen LogP contribution in [0.15, 0.2) is 12.3 Å². The fourth-order valence-electron chi connectivity index (χ4n) is 1.51. The van der Waals surface area contributed by atoms with Gasteiger partial charge in [-0.25, -0.2) is 4.98 Å². The Bertz CT molecular complexity index is 312. The lowest BCUT2D eigenvalue weighted by Gasteiger charge is -2.25. The van der Waals surface area contributed by atoms with Gasteiger partial charge in [0.1, 0.15) is 0 Å². The van der Waals surface area contributed by atoms with E-state index < -0.39 is 0 Å². The summed E-state index contributed by atoms with van der Waals surface area (Å²) in [6.07, 6.45) is 3.90. The molecule has 0 saturated heterocycles. The van der Waals surface area contributed by atoms with Crippen LogP contribution < -0.4 is 10.1 Å². The Morgan fingerprint density at radius 3 is 2.80 bits per heavy atom. The van der Waals surface area contributed by atoms with Crippen molar-refractivity contribution in [2.75, 3.05) is 12.4 Å². The maximum Gasteiger partial charge on any atom is 0.226 e. The third-order valence-corrected chi connectivity index (χ3v) is 2.16. The highest BCUT2D eigenvalue weighted by Crippen LogP contribution is 2.17. The zero-order valence-electron chi connectivity index (χ0n) is 9.87. The summed E-state index contributed by atoms with van der Waals surface area (Å²) in [5.41, 5.74) is 0.0150. The number of ether oxygens (including phenoxy) is 1. The van der Waals surface area contributed by atoms with Crippen molar-refractivity contribution in [3.8, 4) is 5.88 Å². The molecule has 0 atom stereocenters. The summed E-state index contributed by atoms with van der Waals surface area (Å²) in [7, 11) is 1.60. The Kier molecular flexibility index (Phi) is 3.88. The summed E-state index contributed by atoms with van der Waals surface area (Å²) in [4.78, 5) is 8.37. The molecule has 0 fully saturated rings. The molecule has 1 N–H and O–H groups in total. The second kappa shape index (κ2) is 4.96. The lowest BCUT2D eigenvalue weighted by Crippen LogP contribution is -2.31. The molecule has 0 aromatic carbocycles. The Labute approximate surface area is 91.1 Å².